The third-order valence-electron chi connectivity index (χ3n) is 3.17. The number of halogens is 1. The molecule has 2 rings (SSSR count). The van der Waals surface area contributed by atoms with Crippen molar-refractivity contribution in [1.82, 2.24) is 0 Å². The van der Waals surface area contributed by atoms with Gasteiger partial charge in [0.25, 0.3) is 5.91 Å². The highest BCUT2D eigenvalue weighted by molar-refractivity contribution is 7.92. The molecule has 0 atom stereocenters. The molecule has 0 heterocycles. The summed E-state index contributed by atoms with van der Waals surface area (Å²) in [5, 5.41) is 2.98. The molecule has 0 aliphatic heterocycles. The van der Waals surface area contributed by atoms with Gasteiger partial charge in [-0.05, 0) is 49.2 Å². The number of benzene rings is 2. The smallest absolute Gasteiger partial charge is 0.255 e. The van der Waals surface area contributed by atoms with Gasteiger partial charge in [0.05, 0.1) is 17.0 Å². The Morgan fingerprint density at radius 2 is 1.74 bits per heavy atom. The van der Waals surface area contributed by atoms with Crippen LogP contribution in [0.5, 0.6) is 0 Å². The second kappa shape index (κ2) is 6.60. The van der Waals surface area contributed by atoms with Crippen LogP contribution < -0.4 is 10.0 Å². The molecule has 0 aliphatic rings. The van der Waals surface area contributed by atoms with Gasteiger partial charge in [-0.3, -0.25) is 9.52 Å². The number of aryl methyl sites for hydroxylation is 2. The van der Waals surface area contributed by atoms with E-state index in [1.54, 1.807) is 0 Å². The van der Waals surface area contributed by atoms with Crippen molar-refractivity contribution in [3.8, 4) is 0 Å². The SMILES string of the molecule is Cc1ccc(C)c(NC(=O)c2ccc(NS(C)(=O)=O)c(Cl)c2)c1. The molecule has 0 saturated heterocycles. The van der Waals surface area contributed by atoms with Gasteiger partial charge in [-0.15, -0.1) is 0 Å². The summed E-state index contributed by atoms with van der Waals surface area (Å²) in [6.45, 7) is 3.85. The minimum Gasteiger partial charge on any atom is -0.322 e. The molecule has 1 amide bonds. The van der Waals surface area contributed by atoms with Crippen molar-refractivity contribution in [1.29, 1.82) is 0 Å². The van der Waals surface area contributed by atoms with Crippen LogP contribution >= 0.6 is 11.6 Å². The fraction of sp³-hybridized carbons (Fsp3) is 0.188. The lowest BCUT2D eigenvalue weighted by molar-refractivity contribution is 0.102. The van der Waals surface area contributed by atoms with Crippen LogP contribution in [0.25, 0.3) is 0 Å². The van der Waals surface area contributed by atoms with Crippen LogP contribution in [0.15, 0.2) is 36.4 Å². The molecule has 2 N–H and O–H groups in total. The van der Waals surface area contributed by atoms with Crippen molar-refractivity contribution < 1.29 is 13.2 Å². The molecule has 23 heavy (non-hydrogen) atoms. The highest BCUT2D eigenvalue weighted by Gasteiger charge is 2.12. The van der Waals surface area contributed by atoms with E-state index in [2.05, 4.69) is 10.0 Å². The molecular weight excluding hydrogens is 336 g/mol. The molecule has 122 valence electrons. The van der Waals surface area contributed by atoms with Gasteiger partial charge in [-0.2, -0.15) is 0 Å². The normalized spacial score (nSPS) is 11.1. The second-order valence-corrected chi connectivity index (χ2v) is 7.50. The average Bonchev–Trinajstić information content (AvgIpc) is 2.43. The Balaban J connectivity index is 2.23. The van der Waals surface area contributed by atoms with Crippen LogP contribution in [0.4, 0.5) is 11.4 Å². The maximum Gasteiger partial charge on any atom is 0.255 e. The lowest BCUT2D eigenvalue weighted by Crippen LogP contribution is -2.14. The number of hydrogen-bond donors (Lipinski definition) is 2. The first kappa shape index (κ1) is 17.3. The highest BCUT2D eigenvalue weighted by Crippen LogP contribution is 2.25. The molecule has 2 aromatic carbocycles. The fourth-order valence-corrected chi connectivity index (χ4v) is 2.87. The van der Waals surface area contributed by atoms with Gasteiger partial charge >= 0.3 is 0 Å². The summed E-state index contributed by atoms with van der Waals surface area (Å²) >= 11 is 6.03. The van der Waals surface area contributed by atoms with Crippen LogP contribution in [-0.4, -0.2) is 20.6 Å². The van der Waals surface area contributed by atoms with Gasteiger partial charge in [0, 0.05) is 11.3 Å². The summed E-state index contributed by atoms with van der Waals surface area (Å²) in [5.41, 5.74) is 3.29. The van der Waals surface area contributed by atoms with Gasteiger partial charge in [0.1, 0.15) is 0 Å². The molecule has 5 nitrogen and oxygen atoms in total. The molecule has 0 saturated carbocycles. The summed E-state index contributed by atoms with van der Waals surface area (Å²) in [5.74, 6) is -0.313. The molecule has 0 spiro atoms. The number of nitrogens with one attached hydrogen (secondary N) is 2. The van der Waals surface area contributed by atoms with Crippen LogP contribution in [0.2, 0.25) is 5.02 Å². The number of sulfonamides is 1. The van der Waals surface area contributed by atoms with E-state index in [4.69, 9.17) is 11.6 Å². The molecule has 7 heteroatoms. The summed E-state index contributed by atoms with van der Waals surface area (Å²) in [6.07, 6.45) is 1.03. The minimum absolute atomic E-state index is 0.157. The first-order valence-corrected chi connectivity index (χ1v) is 9.08. The standard InChI is InChI=1S/C16H17ClN2O3S/c1-10-4-5-11(2)15(8-10)18-16(20)12-6-7-14(13(17)9-12)19-23(3,21)22/h4-9,19H,1-3H3,(H,18,20). The zero-order valence-electron chi connectivity index (χ0n) is 13.0. The maximum atomic E-state index is 12.3. The predicted octanol–water partition coefficient (Wildman–Crippen LogP) is 3.58. The van der Waals surface area contributed by atoms with Crippen molar-refractivity contribution in [2.45, 2.75) is 13.8 Å². The number of carbonyl (C=O) groups is 1. The van der Waals surface area contributed by atoms with Gasteiger partial charge < -0.3 is 5.32 Å². The summed E-state index contributed by atoms with van der Waals surface area (Å²) < 4.78 is 24.8. The van der Waals surface area contributed by atoms with Gasteiger partial charge in [0.15, 0.2) is 0 Å². The Kier molecular flexibility index (Phi) is 4.97. The molecule has 0 unspecified atom stereocenters. The lowest BCUT2D eigenvalue weighted by atomic mass is 10.1. The van der Waals surface area contributed by atoms with E-state index in [-0.39, 0.29) is 16.6 Å². The molecule has 0 bridgehead atoms. The number of anilines is 2. The zero-order chi connectivity index (χ0) is 17.2. The van der Waals surface area contributed by atoms with E-state index in [9.17, 15) is 13.2 Å². The summed E-state index contributed by atoms with van der Waals surface area (Å²) in [6, 6.07) is 10.2. The Hall–Kier alpha value is -2.05. The minimum atomic E-state index is -3.43. The van der Waals surface area contributed by atoms with Crippen LogP contribution in [0, 0.1) is 13.8 Å². The molecular formula is C16H17ClN2O3S. The Morgan fingerprint density at radius 1 is 1.04 bits per heavy atom. The second-order valence-electron chi connectivity index (χ2n) is 5.34. The molecule has 0 fully saturated rings. The maximum absolute atomic E-state index is 12.3. The van der Waals surface area contributed by atoms with Crippen LogP contribution in [-0.2, 0) is 10.0 Å². The Morgan fingerprint density at radius 3 is 2.35 bits per heavy atom. The average molecular weight is 353 g/mol. The fourth-order valence-electron chi connectivity index (χ4n) is 2.00. The van der Waals surface area contributed by atoms with Gasteiger partial charge in [-0.25, -0.2) is 8.42 Å². The van der Waals surface area contributed by atoms with E-state index in [1.807, 2.05) is 32.0 Å². The number of amides is 1. The van der Waals surface area contributed by atoms with Crippen molar-refractivity contribution in [3.63, 3.8) is 0 Å². The van der Waals surface area contributed by atoms with Gasteiger partial charge in [-0.1, -0.05) is 23.7 Å². The molecule has 0 aliphatic carbocycles. The first-order valence-electron chi connectivity index (χ1n) is 6.81. The molecule has 2 aromatic rings. The quantitative estimate of drug-likeness (QED) is 0.883. The topological polar surface area (TPSA) is 75.3 Å². The largest absolute Gasteiger partial charge is 0.322 e. The van der Waals surface area contributed by atoms with E-state index >= 15 is 0 Å². The third-order valence-corrected chi connectivity index (χ3v) is 4.07. The van der Waals surface area contributed by atoms with Crippen molar-refractivity contribution in [3.05, 3.63) is 58.1 Å². The molecule has 0 radical (unpaired) electrons. The van der Waals surface area contributed by atoms with E-state index in [0.717, 1.165) is 23.1 Å². The summed E-state index contributed by atoms with van der Waals surface area (Å²) in [4.78, 5) is 12.3. The lowest BCUT2D eigenvalue weighted by Gasteiger charge is -2.11. The van der Waals surface area contributed by atoms with Crippen molar-refractivity contribution in [2.75, 3.05) is 16.3 Å². The van der Waals surface area contributed by atoms with Gasteiger partial charge in [0.2, 0.25) is 10.0 Å². The van der Waals surface area contributed by atoms with Crippen LogP contribution in [0.1, 0.15) is 21.5 Å². The monoisotopic (exact) mass is 352 g/mol. The van der Waals surface area contributed by atoms with Crippen molar-refractivity contribution in [2.24, 2.45) is 0 Å². The Labute approximate surface area is 140 Å². The third kappa shape index (κ3) is 4.71. The first-order chi connectivity index (χ1) is 10.7. The molecule has 0 aromatic heterocycles. The van der Waals surface area contributed by atoms with E-state index < -0.39 is 10.0 Å². The Bertz CT molecular complexity index is 864. The number of carbonyl (C=O) groups excluding carboxylic acids is 1. The highest BCUT2D eigenvalue weighted by atomic mass is 35.5. The number of rotatable bonds is 4. The van der Waals surface area contributed by atoms with E-state index in [1.165, 1.54) is 18.2 Å². The summed E-state index contributed by atoms with van der Waals surface area (Å²) in [7, 11) is -3.43. The number of hydrogen-bond acceptors (Lipinski definition) is 3. The van der Waals surface area contributed by atoms with Crippen LogP contribution in [0.3, 0.4) is 0 Å². The van der Waals surface area contributed by atoms with Crippen molar-refractivity contribution >= 4 is 38.9 Å². The van der Waals surface area contributed by atoms with E-state index in [0.29, 0.717) is 5.56 Å². The zero-order valence-corrected chi connectivity index (χ0v) is 14.5. The predicted molar refractivity (Wildman–Crippen MR) is 93.8 cm³/mol.